The molecular formula is C20H34O5. The second-order valence-electron chi connectivity index (χ2n) is 7.05. The van der Waals surface area contributed by atoms with Crippen LogP contribution in [0.4, 0.5) is 0 Å². The predicted octanol–water partition coefficient (Wildman–Crippen LogP) is 3.04. The molecule has 4 N–H and O–H groups in total. The lowest BCUT2D eigenvalue weighted by molar-refractivity contribution is -0.137. The third-order valence-electron chi connectivity index (χ3n) is 4.92. The first kappa shape index (κ1) is 21.9. The summed E-state index contributed by atoms with van der Waals surface area (Å²) >= 11 is 0. The fourth-order valence-electron chi connectivity index (χ4n) is 3.47. The first-order valence-corrected chi connectivity index (χ1v) is 9.55. The molecule has 25 heavy (non-hydrogen) atoms. The highest BCUT2D eigenvalue weighted by molar-refractivity contribution is 5.66. The Hall–Kier alpha value is -1.17. The number of carboxylic acid groups (broad SMARTS) is 1. The summed E-state index contributed by atoms with van der Waals surface area (Å²) in [6.45, 7) is 2.14. The molecule has 0 heterocycles. The highest BCUT2D eigenvalue weighted by Crippen LogP contribution is 2.37. The summed E-state index contributed by atoms with van der Waals surface area (Å²) in [5.41, 5.74) is 0. The molecule has 144 valence electrons. The summed E-state index contributed by atoms with van der Waals surface area (Å²) in [6, 6.07) is 0. The summed E-state index contributed by atoms with van der Waals surface area (Å²) in [6.07, 6.45) is 12.2. The van der Waals surface area contributed by atoms with E-state index in [0.29, 0.717) is 25.7 Å². The minimum Gasteiger partial charge on any atom is -0.481 e. The minimum absolute atomic E-state index is 0.0663. The van der Waals surface area contributed by atoms with Crippen LogP contribution in [0.1, 0.15) is 64.7 Å². The van der Waals surface area contributed by atoms with Crippen molar-refractivity contribution in [2.24, 2.45) is 11.8 Å². The maximum Gasteiger partial charge on any atom is 0.303 e. The molecule has 1 aliphatic carbocycles. The van der Waals surface area contributed by atoms with Gasteiger partial charge in [-0.1, -0.05) is 50.5 Å². The number of unbranched alkanes of at least 4 members (excludes halogenated alkanes) is 3. The lowest BCUT2D eigenvalue weighted by atomic mass is 9.88. The molecule has 1 saturated carbocycles. The SMILES string of the molecule is CCCCC[C@H]1[C@H](/C=C/[C@@H](O)C/C=C\CCCC(=O)O)[C@@H](O)C[C@H]1O. The molecule has 5 nitrogen and oxygen atoms in total. The summed E-state index contributed by atoms with van der Waals surface area (Å²) in [5.74, 6) is -0.820. The zero-order valence-corrected chi connectivity index (χ0v) is 15.3. The quantitative estimate of drug-likeness (QED) is 0.319. The Morgan fingerprint density at radius 1 is 1.16 bits per heavy atom. The van der Waals surface area contributed by atoms with E-state index in [1.807, 2.05) is 18.2 Å². The van der Waals surface area contributed by atoms with Crippen molar-refractivity contribution >= 4 is 5.97 Å². The van der Waals surface area contributed by atoms with Crippen LogP contribution in [0.5, 0.6) is 0 Å². The number of carbonyl (C=O) groups is 1. The number of hydrogen-bond acceptors (Lipinski definition) is 4. The molecule has 0 amide bonds. The minimum atomic E-state index is -0.790. The zero-order chi connectivity index (χ0) is 18.7. The van der Waals surface area contributed by atoms with E-state index >= 15 is 0 Å². The number of rotatable bonds is 12. The lowest BCUT2D eigenvalue weighted by Gasteiger charge is -2.21. The molecule has 0 saturated heterocycles. The van der Waals surface area contributed by atoms with E-state index in [2.05, 4.69) is 6.92 Å². The van der Waals surface area contributed by atoms with Crippen molar-refractivity contribution in [3.8, 4) is 0 Å². The molecule has 0 aromatic heterocycles. The average Bonchev–Trinajstić information content (AvgIpc) is 2.82. The molecule has 0 unspecified atom stereocenters. The van der Waals surface area contributed by atoms with E-state index in [9.17, 15) is 20.1 Å². The van der Waals surface area contributed by atoms with E-state index in [1.54, 1.807) is 6.08 Å². The Bertz CT molecular complexity index is 432. The van der Waals surface area contributed by atoms with Crippen LogP contribution in [-0.4, -0.2) is 44.7 Å². The molecule has 0 aromatic carbocycles. The monoisotopic (exact) mass is 354 g/mol. The molecule has 5 heteroatoms. The van der Waals surface area contributed by atoms with Gasteiger partial charge in [0.15, 0.2) is 0 Å². The highest BCUT2D eigenvalue weighted by atomic mass is 16.4. The van der Waals surface area contributed by atoms with Crippen molar-refractivity contribution < 1.29 is 25.2 Å². The molecule has 1 fully saturated rings. The summed E-state index contributed by atoms with van der Waals surface area (Å²) in [5, 5.41) is 38.9. The highest BCUT2D eigenvalue weighted by Gasteiger charge is 2.39. The maximum atomic E-state index is 10.4. The Balaban J connectivity index is 2.39. The van der Waals surface area contributed by atoms with Gasteiger partial charge < -0.3 is 20.4 Å². The standard InChI is InChI=1S/C20H34O5/c1-2-3-6-10-16-17(19(23)14-18(16)22)13-12-15(21)9-7-4-5-8-11-20(24)25/h4,7,12-13,15-19,21-23H,2-3,5-6,8-11,14H2,1H3,(H,24,25)/b7-4-,13-12+/t15-,16-,17-,18+,19-/m0/s1. The van der Waals surface area contributed by atoms with E-state index in [0.717, 1.165) is 25.7 Å². The third kappa shape index (κ3) is 8.66. The van der Waals surface area contributed by atoms with Crippen LogP contribution < -0.4 is 0 Å². The zero-order valence-electron chi connectivity index (χ0n) is 15.3. The number of allylic oxidation sites excluding steroid dienone is 1. The van der Waals surface area contributed by atoms with Crippen LogP contribution in [0.3, 0.4) is 0 Å². The number of carboxylic acids is 1. The predicted molar refractivity (Wildman–Crippen MR) is 98.1 cm³/mol. The van der Waals surface area contributed by atoms with Crippen LogP contribution in [-0.2, 0) is 4.79 Å². The summed E-state index contributed by atoms with van der Waals surface area (Å²) < 4.78 is 0. The van der Waals surface area contributed by atoms with Crippen molar-refractivity contribution in [3.63, 3.8) is 0 Å². The fourth-order valence-corrected chi connectivity index (χ4v) is 3.47. The summed E-state index contributed by atoms with van der Waals surface area (Å²) in [4.78, 5) is 10.4. The van der Waals surface area contributed by atoms with Crippen molar-refractivity contribution in [1.29, 1.82) is 0 Å². The Morgan fingerprint density at radius 2 is 1.92 bits per heavy atom. The maximum absolute atomic E-state index is 10.4. The molecule has 1 rings (SSSR count). The smallest absolute Gasteiger partial charge is 0.303 e. The number of aliphatic carboxylic acids is 1. The van der Waals surface area contributed by atoms with Crippen molar-refractivity contribution in [1.82, 2.24) is 0 Å². The van der Waals surface area contributed by atoms with E-state index in [-0.39, 0.29) is 18.3 Å². The van der Waals surface area contributed by atoms with Crippen LogP contribution in [0.25, 0.3) is 0 Å². The summed E-state index contributed by atoms with van der Waals surface area (Å²) in [7, 11) is 0. The third-order valence-corrected chi connectivity index (χ3v) is 4.92. The van der Waals surface area contributed by atoms with Crippen molar-refractivity contribution in [3.05, 3.63) is 24.3 Å². The van der Waals surface area contributed by atoms with Crippen LogP contribution >= 0.6 is 0 Å². The number of aliphatic hydroxyl groups is 3. The molecule has 0 aliphatic heterocycles. The number of hydrogen-bond donors (Lipinski definition) is 4. The number of aliphatic hydroxyl groups excluding tert-OH is 3. The molecule has 0 spiro atoms. The van der Waals surface area contributed by atoms with Crippen LogP contribution in [0.2, 0.25) is 0 Å². The van der Waals surface area contributed by atoms with Crippen LogP contribution in [0, 0.1) is 11.8 Å². The van der Waals surface area contributed by atoms with E-state index < -0.39 is 24.3 Å². The molecule has 0 aromatic rings. The van der Waals surface area contributed by atoms with Gasteiger partial charge in [-0.15, -0.1) is 0 Å². The second kappa shape index (κ2) is 12.2. The molecule has 1 aliphatic rings. The van der Waals surface area contributed by atoms with Gasteiger partial charge in [-0.2, -0.15) is 0 Å². The fraction of sp³-hybridized carbons (Fsp3) is 0.750. The first-order valence-electron chi connectivity index (χ1n) is 9.55. The van der Waals surface area contributed by atoms with Gasteiger partial charge in [-0.3, -0.25) is 4.79 Å². The molecule has 5 atom stereocenters. The van der Waals surface area contributed by atoms with Gasteiger partial charge in [0.2, 0.25) is 0 Å². The Labute approximate surface area is 151 Å². The van der Waals surface area contributed by atoms with Gasteiger partial charge in [-0.25, -0.2) is 0 Å². The first-order chi connectivity index (χ1) is 12.0. The van der Waals surface area contributed by atoms with Gasteiger partial charge in [0, 0.05) is 18.8 Å². The van der Waals surface area contributed by atoms with Gasteiger partial charge in [-0.05, 0) is 31.6 Å². The normalized spacial score (nSPS) is 28.2. The average molecular weight is 354 g/mol. The van der Waals surface area contributed by atoms with Gasteiger partial charge in [0.25, 0.3) is 0 Å². The van der Waals surface area contributed by atoms with Gasteiger partial charge in [0.1, 0.15) is 0 Å². The second-order valence-corrected chi connectivity index (χ2v) is 7.05. The molecule has 0 bridgehead atoms. The van der Waals surface area contributed by atoms with E-state index in [4.69, 9.17) is 5.11 Å². The van der Waals surface area contributed by atoms with Gasteiger partial charge >= 0.3 is 5.97 Å². The van der Waals surface area contributed by atoms with Gasteiger partial charge in [0.05, 0.1) is 18.3 Å². The van der Waals surface area contributed by atoms with Crippen molar-refractivity contribution in [2.75, 3.05) is 0 Å². The Kier molecular flexibility index (Phi) is 10.7. The topological polar surface area (TPSA) is 98.0 Å². The van der Waals surface area contributed by atoms with Crippen LogP contribution in [0.15, 0.2) is 24.3 Å². The van der Waals surface area contributed by atoms with E-state index in [1.165, 1.54) is 0 Å². The van der Waals surface area contributed by atoms with Crippen molar-refractivity contribution in [2.45, 2.75) is 83.0 Å². The largest absolute Gasteiger partial charge is 0.481 e. The molecule has 0 radical (unpaired) electrons. The Morgan fingerprint density at radius 3 is 2.60 bits per heavy atom. The molecular weight excluding hydrogens is 320 g/mol. The lowest BCUT2D eigenvalue weighted by Crippen LogP contribution is -2.21.